The Morgan fingerprint density at radius 2 is 2.00 bits per heavy atom. The van der Waals surface area contributed by atoms with Crippen molar-refractivity contribution >= 4 is 44.0 Å². The molecule has 1 unspecified atom stereocenters. The van der Waals surface area contributed by atoms with Crippen molar-refractivity contribution in [3.8, 4) is 0 Å². The number of nitrogens with zero attached hydrogens (tertiary/aromatic N) is 4. The van der Waals surface area contributed by atoms with Gasteiger partial charge in [0.2, 0.25) is 5.91 Å². The first-order chi connectivity index (χ1) is 13.3. The van der Waals surface area contributed by atoms with Crippen LogP contribution in [0.25, 0.3) is 0 Å². The highest BCUT2D eigenvalue weighted by Crippen LogP contribution is 2.24. The van der Waals surface area contributed by atoms with E-state index in [0.29, 0.717) is 16.1 Å². The van der Waals surface area contributed by atoms with Gasteiger partial charge in [0.15, 0.2) is 20.1 Å². The van der Waals surface area contributed by atoms with E-state index in [9.17, 15) is 13.2 Å². The third-order valence-corrected chi connectivity index (χ3v) is 7.49. The Morgan fingerprint density at radius 3 is 2.64 bits per heavy atom. The molecular weight excluding hydrogens is 418 g/mol. The predicted molar refractivity (Wildman–Crippen MR) is 109 cm³/mol. The van der Waals surface area contributed by atoms with Gasteiger partial charge in [-0.2, -0.15) is 0 Å². The molecule has 28 heavy (non-hydrogen) atoms. The molecule has 0 bridgehead atoms. The van der Waals surface area contributed by atoms with Crippen LogP contribution in [0.2, 0.25) is 0 Å². The van der Waals surface area contributed by atoms with Gasteiger partial charge in [-0.05, 0) is 26.0 Å². The Balaban J connectivity index is 1.68. The average Bonchev–Trinajstić information content (AvgIpc) is 3.22. The van der Waals surface area contributed by atoms with Crippen molar-refractivity contribution in [2.24, 2.45) is 7.05 Å². The molecule has 2 heterocycles. The first kappa shape index (κ1) is 20.5. The lowest BCUT2D eigenvalue weighted by atomic mass is 10.4. The molecule has 0 saturated heterocycles. The number of aryl methyl sites for hydroxylation is 1. The van der Waals surface area contributed by atoms with Crippen LogP contribution in [0.1, 0.15) is 18.4 Å². The number of sulfone groups is 1. The molecule has 11 heteroatoms. The first-order valence-corrected chi connectivity index (χ1v) is 11.7. The SMILES string of the molecule is Cc1csc(NC(=O)C(C)Sc2nnc(CS(=O)(=O)c3ccccc3)n2C)n1. The third-order valence-electron chi connectivity index (χ3n) is 3.85. The van der Waals surface area contributed by atoms with Gasteiger partial charge in [0, 0.05) is 12.4 Å². The number of hydrogen-bond donors (Lipinski definition) is 1. The number of benzene rings is 1. The molecule has 1 N–H and O–H groups in total. The molecule has 0 saturated carbocycles. The van der Waals surface area contributed by atoms with Crippen LogP contribution in [-0.4, -0.2) is 39.3 Å². The maximum atomic E-state index is 12.5. The van der Waals surface area contributed by atoms with Gasteiger partial charge in [0.25, 0.3) is 0 Å². The predicted octanol–water partition coefficient (Wildman–Crippen LogP) is 2.67. The second-order valence-corrected chi connectivity index (χ2v) is 10.2. The molecule has 0 aliphatic rings. The molecule has 0 radical (unpaired) electrons. The zero-order valence-corrected chi connectivity index (χ0v) is 17.9. The highest BCUT2D eigenvalue weighted by Gasteiger charge is 2.23. The van der Waals surface area contributed by atoms with E-state index in [1.165, 1.54) is 23.1 Å². The van der Waals surface area contributed by atoms with E-state index >= 15 is 0 Å². The standard InChI is InChI=1S/C17H19N5O3S3/c1-11-9-26-16(18-11)19-15(23)12(2)27-17-21-20-14(22(17)3)10-28(24,25)13-7-5-4-6-8-13/h4-9,12H,10H2,1-3H3,(H,18,19,23). The second kappa shape index (κ2) is 8.41. The Hall–Kier alpha value is -2.24. The number of hydrogen-bond acceptors (Lipinski definition) is 8. The van der Waals surface area contributed by atoms with Gasteiger partial charge in [0.05, 0.1) is 15.8 Å². The van der Waals surface area contributed by atoms with Crippen LogP contribution in [0.5, 0.6) is 0 Å². The van der Waals surface area contributed by atoms with Gasteiger partial charge in [-0.3, -0.25) is 4.79 Å². The summed E-state index contributed by atoms with van der Waals surface area (Å²) in [5.74, 6) is -0.157. The summed E-state index contributed by atoms with van der Waals surface area (Å²) in [6.07, 6.45) is 0. The fraction of sp³-hybridized carbons (Fsp3) is 0.294. The molecule has 148 valence electrons. The van der Waals surface area contributed by atoms with Gasteiger partial charge in [0.1, 0.15) is 11.6 Å². The highest BCUT2D eigenvalue weighted by molar-refractivity contribution is 8.00. The zero-order chi connectivity index (χ0) is 20.3. The summed E-state index contributed by atoms with van der Waals surface area (Å²) in [4.78, 5) is 16.8. The van der Waals surface area contributed by atoms with E-state index in [1.807, 2.05) is 12.3 Å². The van der Waals surface area contributed by atoms with E-state index in [0.717, 1.165) is 5.69 Å². The van der Waals surface area contributed by atoms with Crippen LogP contribution in [0, 0.1) is 6.92 Å². The average molecular weight is 438 g/mol. The quantitative estimate of drug-likeness (QED) is 0.566. The number of rotatable bonds is 7. The number of thioether (sulfide) groups is 1. The van der Waals surface area contributed by atoms with Gasteiger partial charge >= 0.3 is 0 Å². The number of nitrogens with one attached hydrogen (secondary N) is 1. The second-order valence-electron chi connectivity index (χ2n) is 6.07. The number of amides is 1. The van der Waals surface area contributed by atoms with Crippen molar-refractivity contribution in [1.82, 2.24) is 19.7 Å². The monoisotopic (exact) mass is 437 g/mol. The van der Waals surface area contributed by atoms with Crippen LogP contribution < -0.4 is 5.32 Å². The van der Waals surface area contributed by atoms with E-state index in [-0.39, 0.29) is 16.6 Å². The molecule has 0 aliphatic carbocycles. The number of carbonyl (C=O) groups is 1. The van der Waals surface area contributed by atoms with Crippen LogP contribution in [0.3, 0.4) is 0 Å². The molecule has 0 spiro atoms. The van der Waals surface area contributed by atoms with E-state index in [4.69, 9.17) is 0 Å². The minimum Gasteiger partial charge on any atom is -0.308 e. The van der Waals surface area contributed by atoms with E-state index < -0.39 is 15.1 Å². The summed E-state index contributed by atoms with van der Waals surface area (Å²) < 4.78 is 26.7. The molecular formula is C17H19N5O3S3. The van der Waals surface area contributed by atoms with Gasteiger partial charge < -0.3 is 9.88 Å². The van der Waals surface area contributed by atoms with Crippen LogP contribution >= 0.6 is 23.1 Å². The smallest absolute Gasteiger partial charge is 0.239 e. The number of anilines is 1. The lowest BCUT2D eigenvalue weighted by molar-refractivity contribution is -0.115. The van der Waals surface area contributed by atoms with E-state index in [2.05, 4.69) is 20.5 Å². The Kier molecular flexibility index (Phi) is 6.16. The normalized spacial score (nSPS) is 12.7. The molecule has 3 aromatic rings. The molecule has 1 aromatic carbocycles. The fourth-order valence-corrected chi connectivity index (χ4v) is 5.14. The Morgan fingerprint density at radius 1 is 1.29 bits per heavy atom. The Labute approximate surface area is 171 Å². The Bertz CT molecular complexity index is 1080. The van der Waals surface area contributed by atoms with Crippen molar-refractivity contribution < 1.29 is 13.2 Å². The zero-order valence-electron chi connectivity index (χ0n) is 15.5. The van der Waals surface area contributed by atoms with Gasteiger partial charge in [-0.25, -0.2) is 13.4 Å². The van der Waals surface area contributed by atoms with Crippen molar-refractivity contribution in [2.75, 3.05) is 5.32 Å². The maximum absolute atomic E-state index is 12.5. The lowest BCUT2D eigenvalue weighted by Gasteiger charge is -2.10. The third kappa shape index (κ3) is 4.78. The fourth-order valence-electron chi connectivity index (χ4n) is 2.28. The van der Waals surface area contributed by atoms with Crippen molar-refractivity contribution in [1.29, 1.82) is 0 Å². The topological polar surface area (TPSA) is 107 Å². The minimum atomic E-state index is -3.52. The number of carbonyl (C=O) groups excluding carboxylic acids is 1. The summed E-state index contributed by atoms with van der Waals surface area (Å²) in [6.45, 7) is 3.60. The summed E-state index contributed by atoms with van der Waals surface area (Å²) in [5.41, 5.74) is 0.846. The summed E-state index contributed by atoms with van der Waals surface area (Å²) in [5, 5.41) is 13.2. The molecule has 8 nitrogen and oxygen atoms in total. The molecule has 1 amide bonds. The van der Waals surface area contributed by atoms with Crippen LogP contribution in [0.4, 0.5) is 5.13 Å². The maximum Gasteiger partial charge on any atom is 0.239 e. The minimum absolute atomic E-state index is 0.208. The summed E-state index contributed by atoms with van der Waals surface area (Å²) >= 11 is 2.57. The lowest BCUT2D eigenvalue weighted by Crippen LogP contribution is -2.22. The molecule has 0 aliphatic heterocycles. The number of thiazole rings is 1. The molecule has 2 aromatic heterocycles. The summed E-state index contributed by atoms with van der Waals surface area (Å²) in [6, 6.07) is 8.21. The number of aromatic nitrogens is 4. The van der Waals surface area contributed by atoms with Crippen molar-refractivity contribution in [2.45, 2.75) is 34.9 Å². The largest absolute Gasteiger partial charge is 0.308 e. The van der Waals surface area contributed by atoms with Gasteiger partial charge in [-0.1, -0.05) is 30.0 Å². The van der Waals surface area contributed by atoms with Gasteiger partial charge in [-0.15, -0.1) is 21.5 Å². The van der Waals surface area contributed by atoms with Crippen molar-refractivity contribution in [3.63, 3.8) is 0 Å². The molecule has 3 rings (SSSR count). The first-order valence-electron chi connectivity index (χ1n) is 8.32. The summed E-state index contributed by atoms with van der Waals surface area (Å²) in [7, 11) is -1.84. The molecule has 1 atom stereocenters. The van der Waals surface area contributed by atoms with Crippen molar-refractivity contribution in [3.05, 3.63) is 47.2 Å². The molecule has 0 fully saturated rings. The van der Waals surface area contributed by atoms with Crippen LogP contribution in [-0.2, 0) is 27.4 Å². The van der Waals surface area contributed by atoms with Crippen LogP contribution in [0.15, 0.2) is 45.8 Å². The van der Waals surface area contributed by atoms with E-state index in [1.54, 1.807) is 48.9 Å². The highest BCUT2D eigenvalue weighted by atomic mass is 32.2.